The molecule has 0 saturated carbocycles. The van der Waals surface area contributed by atoms with E-state index in [0.717, 1.165) is 0 Å². The van der Waals surface area contributed by atoms with Crippen LogP contribution >= 0.6 is 0 Å². The Hall–Kier alpha value is -0.610. The number of carbonyl (C=O) groups excluding carboxylic acids is 1. The van der Waals surface area contributed by atoms with E-state index in [2.05, 4.69) is 10.6 Å². The Bertz CT molecular complexity index is 140. The summed E-state index contributed by atoms with van der Waals surface area (Å²) in [5, 5.41) is 5.77. The van der Waals surface area contributed by atoms with Gasteiger partial charge < -0.3 is 15.4 Å². The molecule has 0 aliphatic rings. The Morgan fingerprint density at radius 1 is 1.54 bits per heavy atom. The molecular formula is C9H20N2O2. The van der Waals surface area contributed by atoms with E-state index < -0.39 is 0 Å². The van der Waals surface area contributed by atoms with E-state index in [1.54, 1.807) is 0 Å². The molecule has 4 nitrogen and oxygen atoms in total. The molecule has 0 saturated heterocycles. The Balaban J connectivity index is 3.41. The average Bonchev–Trinajstić information content (AvgIpc) is 2.11. The van der Waals surface area contributed by atoms with Gasteiger partial charge in [0, 0.05) is 25.6 Å². The summed E-state index contributed by atoms with van der Waals surface area (Å²) in [4.78, 5) is 11.2. The summed E-state index contributed by atoms with van der Waals surface area (Å²) in [5.41, 5.74) is 0. The van der Waals surface area contributed by atoms with E-state index >= 15 is 0 Å². The highest BCUT2D eigenvalue weighted by molar-refractivity contribution is 5.76. The molecule has 0 bridgehead atoms. The Labute approximate surface area is 80.0 Å². The van der Waals surface area contributed by atoms with Gasteiger partial charge in [-0.1, -0.05) is 0 Å². The van der Waals surface area contributed by atoms with Crippen LogP contribution in [0.25, 0.3) is 0 Å². The first-order valence-electron chi connectivity index (χ1n) is 4.72. The van der Waals surface area contributed by atoms with Gasteiger partial charge in [-0.15, -0.1) is 0 Å². The van der Waals surface area contributed by atoms with Gasteiger partial charge in [0.25, 0.3) is 0 Å². The third-order valence-electron chi connectivity index (χ3n) is 1.58. The van der Waals surface area contributed by atoms with Gasteiger partial charge >= 0.3 is 0 Å². The number of carbonyl (C=O) groups is 1. The fourth-order valence-corrected chi connectivity index (χ4v) is 0.922. The number of ether oxygens (including phenoxy) is 1. The highest BCUT2D eigenvalue weighted by Crippen LogP contribution is 1.86. The molecule has 1 unspecified atom stereocenters. The lowest BCUT2D eigenvalue weighted by atomic mass is 10.3. The van der Waals surface area contributed by atoms with Crippen molar-refractivity contribution < 1.29 is 9.53 Å². The van der Waals surface area contributed by atoms with E-state index in [1.165, 1.54) is 0 Å². The van der Waals surface area contributed by atoms with Gasteiger partial charge in [0.05, 0.1) is 6.61 Å². The van der Waals surface area contributed by atoms with Crippen LogP contribution in [0.15, 0.2) is 0 Å². The van der Waals surface area contributed by atoms with Crippen molar-refractivity contribution in [1.82, 2.24) is 10.6 Å². The van der Waals surface area contributed by atoms with Gasteiger partial charge in [-0.2, -0.15) is 0 Å². The second-order valence-corrected chi connectivity index (χ2v) is 2.98. The normalized spacial score (nSPS) is 12.5. The summed E-state index contributed by atoms with van der Waals surface area (Å²) in [6.07, 6.45) is 0.521. The molecule has 1 amide bonds. The molecule has 0 radical (unpaired) electrons. The Morgan fingerprint density at radius 2 is 2.23 bits per heavy atom. The molecule has 0 rings (SSSR count). The summed E-state index contributed by atoms with van der Waals surface area (Å²) in [7, 11) is 1.83. The first-order valence-corrected chi connectivity index (χ1v) is 4.72. The number of hydrogen-bond acceptors (Lipinski definition) is 3. The second-order valence-electron chi connectivity index (χ2n) is 2.98. The van der Waals surface area contributed by atoms with Crippen LogP contribution in [0.1, 0.15) is 20.3 Å². The maximum Gasteiger partial charge on any atom is 0.221 e. The van der Waals surface area contributed by atoms with Crippen LogP contribution in [-0.2, 0) is 9.53 Å². The first kappa shape index (κ1) is 12.4. The Morgan fingerprint density at radius 3 is 2.77 bits per heavy atom. The smallest absolute Gasteiger partial charge is 0.221 e. The predicted octanol–water partition coefficient (Wildman–Crippen LogP) is 0.137. The van der Waals surface area contributed by atoms with Crippen molar-refractivity contribution in [2.24, 2.45) is 0 Å². The average molecular weight is 188 g/mol. The predicted molar refractivity (Wildman–Crippen MR) is 52.6 cm³/mol. The van der Waals surface area contributed by atoms with Crippen molar-refractivity contribution in [2.45, 2.75) is 26.3 Å². The molecule has 0 aromatic heterocycles. The van der Waals surface area contributed by atoms with Gasteiger partial charge in [-0.25, -0.2) is 0 Å². The van der Waals surface area contributed by atoms with E-state index in [4.69, 9.17) is 4.74 Å². The molecule has 4 heteroatoms. The summed E-state index contributed by atoms with van der Waals surface area (Å²) >= 11 is 0. The van der Waals surface area contributed by atoms with Crippen LogP contribution in [-0.4, -0.2) is 38.8 Å². The number of rotatable bonds is 7. The maximum absolute atomic E-state index is 11.2. The third kappa shape index (κ3) is 7.74. The minimum absolute atomic E-state index is 0.0709. The molecule has 0 aliphatic carbocycles. The zero-order valence-corrected chi connectivity index (χ0v) is 8.72. The van der Waals surface area contributed by atoms with Crippen LogP contribution in [0.4, 0.5) is 0 Å². The molecule has 0 heterocycles. The largest absolute Gasteiger partial charge is 0.380 e. The molecule has 1 atom stereocenters. The number of nitrogens with one attached hydrogen (secondary N) is 2. The van der Waals surface area contributed by atoms with Gasteiger partial charge in [-0.3, -0.25) is 4.79 Å². The van der Waals surface area contributed by atoms with Crippen molar-refractivity contribution in [1.29, 1.82) is 0 Å². The van der Waals surface area contributed by atoms with Crippen molar-refractivity contribution in [3.63, 3.8) is 0 Å². The zero-order chi connectivity index (χ0) is 10.1. The quantitative estimate of drug-likeness (QED) is 0.597. The summed E-state index contributed by atoms with van der Waals surface area (Å²) in [6, 6.07) is 0.101. The summed E-state index contributed by atoms with van der Waals surface area (Å²) in [5.74, 6) is 0.0709. The highest BCUT2D eigenvalue weighted by atomic mass is 16.5. The third-order valence-corrected chi connectivity index (χ3v) is 1.58. The zero-order valence-electron chi connectivity index (χ0n) is 8.72. The van der Waals surface area contributed by atoms with E-state index in [0.29, 0.717) is 26.2 Å². The SMILES string of the molecule is CCOCC(C)NC(=O)CCNC. The van der Waals surface area contributed by atoms with Crippen LogP contribution < -0.4 is 10.6 Å². The van der Waals surface area contributed by atoms with Gasteiger partial charge in [0.15, 0.2) is 0 Å². The van der Waals surface area contributed by atoms with Crippen LogP contribution in [0.2, 0.25) is 0 Å². The standard InChI is InChI=1S/C9H20N2O2/c1-4-13-7-8(2)11-9(12)5-6-10-3/h8,10H,4-7H2,1-3H3,(H,11,12). The van der Waals surface area contributed by atoms with Gasteiger partial charge in [0.2, 0.25) is 5.91 Å². The molecule has 13 heavy (non-hydrogen) atoms. The molecule has 0 aromatic carbocycles. The second kappa shape index (κ2) is 8.01. The van der Waals surface area contributed by atoms with Crippen molar-refractivity contribution >= 4 is 5.91 Å². The Kier molecular flexibility index (Phi) is 7.63. The molecule has 0 spiro atoms. The molecule has 0 aliphatic heterocycles. The lowest BCUT2D eigenvalue weighted by Gasteiger charge is -2.13. The summed E-state index contributed by atoms with van der Waals surface area (Å²) in [6.45, 7) is 5.87. The molecule has 2 N–H and O–H groups in total. The van der Waals surface area contributed by atoms with E-state index in [1.807, 2.05) is 20.9 Å². The van der Waals surface area contributed by atoms with E-state index in [-0.39, 0.29) is 11.9 Å². The van der Waals surface area contributed by atoms with Crippen molar-refractivity contribution in [3.8, 4) is 0 Å². The topological polar surface area (TPSA) is 50.4 Å². The lowest BCUT2D eigenvalue weighted by Crippen LogP contribution is -2.37. The van der Waals surface area contributed by atoms with Crippen molar-refractivity contribution in [3.05, 3.63) is 0 Å². The van der Waals surface area contributed by atoms with E-state index in [9.17, 15) is 4.79 Å². The molecule has 0 aromatic rings. The van der Waals surface area contributed by atoms with Crippen LogP contribution in [0.3, 0.4) is 0 Å². The molecule has 78 valence electrons. The minimum atomic E-state index is 0.0709. The van der Waals surface area contributed by atoms with Crippen LogP contribution in [0.5, 0.6) is 0 Å². The van der Waals surface area contributed by atoms with Gasteiger partial charge in [0.1, 0.15) is 0 Å². The fourth-order valence-electron chi connectivity index (χ4n) is 0.922. The first-order chi connectivity index (χ1) is 6.20. The lowest BCUT2D eigenvalue weighted by molar-refractivity contribution is -0.122. The molecular weight excluding hydrogens is 168 g/mol. The highest BCUT2D eigenvalue weighted by Gasteiger charge is 2.05. The van der Waals surface area contributed by atoms with Crippen LogP contribution in [0, 0.1) is 0 Å². The molecule has 0 fully saturated rings. The monoisotopic (exact) mass is 188 g/mol. The number of amides is 1. The van der Waals surface area contributed by atoms with Crippen molar-refractivity contribution in [2.75, 3.05) is 26.8 Å². The fraction of sp³-hybridized carbons (Fsp3) is 0.889. The maximum atomic E-state index is 11.2. The minimum Gasteiger partial charge on any atom is -0.380 e. The summed E-state index contributed by atoms with van der Waals surface area (Å²) < 4.78 is 5.17. The number of hydrogen-bond donors (Lipinski definition) is 2. The van der Waals surface area contributed by atoms with Gasteiger partial charge in [-0.05, 0) is 20.9 Å².